The normalized spacial score (nSPS) is 11.2. The summed E-state index contributed by atoms with van der Waals surface area (Å²) in [6, 6.07) is 16.2. The molecule has 1 aromatic heterocycles. The summed E-state index contributed by atoms with van der Waals surface area (Å²) >= 11 is 0. The quantitative estimate of drug-likeness (QED) is 0.404. The van der Waals surface area contributed by atoms with Gasteiger partial charge in [0.15, 0.2) is 0 Å². The van der Waals surface area contributed by atoms with Gasteiger partial charge in [0.25, 0.3) is 5.91 Å². The van der Waals surface area contributed by atoms with Gasteiger partial charge in [-0.25, -0.2) is 8.42 Å². The molecule has 0 aliphatic heterocycles. The van der Waals surface area contributed by atoms with Crippen LogP contribution >= 0.6 is 0 Å². The Balaban J connectivity index is 1.53. The number of amides is 1. The summed E-state index contributed by atoms with van der Waals surface area (Å²) in [7, 11) is -3.61. The fraction of sp³-hybridized carbons (Fsp3) is 0.240. The first-order chi connectivity index (χ1) is 16.8. The minimum Gasteiger partial charge on any atom is -0.459 e. The molecule has 1 N–H and O–H groups in total. The molecule has 184 valence electrons. The van der Waals surface area contributed by atoms with Gasteiger partial charge >= 0.3 is 5.97 Å². The van der Waals surface area contributed by atoms with Gasteiger partial charge in [0.05, 0.1) is 11.1 Å². The van der Waals surface area contributed by atoms with Crippen LogP contribution < -0.4 is 10.1 Å². The summed E-state index contributed by atoms with van der Waals surface area (Å²) in [6.45, 7) is 3.84. The SMILES string of the molecule is CCN(CC)S(=O)(=O)c1ccc(C(=O)NCC(=O)OCc2ccccc2Oc2cccnc2)cc1. The lowest BCUT2D eigenvalue weighted by atomic mass is 10.2. The van der Waals surface area contributed by atoms with Crippen LogP contribution in [0.4, 0.5) is 0 Å². The molecule has 0 atom stereocenters. The molecule has 3 aromatic rings. The zero-order valence-corrected chi connectivity index (χ0v) is 20.3. The summed E-state index contributed by atoms with van der Waals surface area (Å²) in [5.74, 6) is -0.0733. The van der Waals surface area contributed by atoms with Crippen LogP contribution in [-0.2, 0) is 26.2 Å². The highest BCUT2D eigenvalue weighted by Crippen LogP contribution is 2.25. The number of hydrogen-bond donors (Lipinski definition) is 1. The maximum absolute atomic E-state index is 12.6. The molecular formula is C25H27N3O6S. The number of esters is 1. The summed E-state index contributed by atoms with van der Waals surface area (Å²) in [4.78, 5) is 28.7. The Bertz CT molecular complexity index is 1240. The second kappa shape index (κ2) is 12.1. The predicted molar refractivity (Wildman–Crippen MR) is 129 cm³/mol. The number of nitrogens with one attached hydrogen (secondary N) is 1. The number of hydrogen-bond acceptors (Lipinski definition) is 7. The summed E-state index contributed by atoms with van der Waals surface area (Å²) < 4.78 is 37.5. The number of rotatable bonds is 11. The molecule has 0 unspecified atom stereocenters. The average Bonchev–Trinajstić information content (AvgIpc) is 2.88. The highest BCUT2D eigenvalue weighted by Gasteiger charge is 2.21. The van der Waals surface area contributed by atoms with E-state index in [4.69, 9.17) is 9.47 Å². The molecule has 0 saturated heterocycles. The van der Waals surface area contributed by atoms with E-state index in [1.807, 2.05) is 0 Å². The van der Waals surface area contributed by atoms with Gasteiger partial charge in [-0.05, 0) is 42.5 Å². The van der Waals surface area contributed by atoms with Crippen molar-refractivity contribution in [1.82, 2.24) is 14.6 Å². The minimum absolute atomic E-state index is 0.0386. The summed E-state index contributed by atoms with van der Waals surface area (Å²) in [5.41, 5.74) is 0.882. The molecule has 0 aliphatic rings. The fourth-order valence-electron chi connectivity index (χ4n) is 3.21. The van der Waals surface area contributed by atoms with Gasteiger partial charge in [-0.1, -0.05) is 32.0 Å². The van der Waals surface area contributed by atoms with Crippen LogP contribution in [0.5, 0.6) is 11.5 Å². The number of benzene rings is 2. The van der Waals surface area contributed by atoms with Crippen LogP contribution in [0.1, 0.15) is 29.8 Å². The molecule has 0 bridgehead atoms. The maximum Gasteiger partial charge on any atom is 0.325 e. The number of nitrogens with zero attached hydrogens (tertiary/aromatic N) is 2. The van der Waals surface area contributed by atoms with Crippen LogP contribution in [0.25, 0.3) is 0 Å². The van der Waals surface area contributed by atoms with Crippen LogP contribution in [-0.4, -0.2) is 49.2 Å². The molecule has 9 nitrogen and oxygen atoms in total. The Morgan fingerprint density at radius 2 is 1.69 bits per heavy atom. The second-order valence-corrected chi connectivity index (χ2v) is 9.29. The van der Waals surface area contributed by atoms with Gasteiger partial charge in [-0.2, -0.15) is 4.31 Å². The molecule has 1 heterocycles. The number of pyridine rings is 1. The van der Waals surface area contributed by atoms with Crippen molar-refractivity contribution in [3.8, 4) is 11.5 Å². The zero-order valence-electron chi connectivity index (χ0n) is 19.5. The number of ether oxygens (including phenoxy) is 2. The van der Waals surface area contributed by atoms with Crippen molar-refractivity contribution in [3.63, 3.8) is 0 Å². The average molecular weight is 498 g/mol. The molecule has 2 aromatic carbocycles. The standard InChI is InChI=1S/C25H27N3O6S/c1-3-28(4-2)35(31,32)22-13-11-19(12-14-22)25(30)27-17-24(29)33-18-20-8-5-6-10-23(20)34-21-9-7-15-26-16-21/h5-16H,3-4,17-18H2,1-2H3,(H,27,30). The molecule has 0 aliphatic carbocycles. The van der Waals surface area contributed by atoms with E-state index in [0.29, 0.717) is 30.2 Å². The summed E-state index contributed by atoms with van der Waals surface area (Å²) in [5, 5.41) is 2.48. The van der Waals surface area contributed by atoms with Crippen molar-refractivity contribution < 1.29 is 27.5 Å². The largest absolute Gasteiger partial charge is 0.459 e. The molecule has 0 fully saturated rings. The van der Waals surface area contributed by atoms with Gasteiger partial charge in [-0.15, -0.1) is 0 Å². The van der Waals surface area contributed by atoms with Crippen molar-refractivity contribution in [2.45, 2.75) is 25.3 Å². The number of para-hydroxylation sites is 1. The molecule has 3 rings (SSSR count). The Morgan fingerprint density at radius 3 is 2.34 bits per heavy atom. The number of carbonyl (C=O) groups is 2. The molecule has 10 heteroatoms. The van der Waals surface area contributed by atoms with Gasteiger partial charge in [0.1, 0.15) is 24.7 Å². The topological polar surface area (TPSA) is 115 Å². The van der Waals surface area contributed by atoms with Crippen molar-refractivity contribution in [2.75, 3.05) is 19.6 Å². The van der Waals surface area contributed by atoms with E-state index < -0.39 is 21.9 Å². The van der Waals surface area contributed by atoms with Crippen LogP contribution in [0.2, 0.25) is 0 Å². The minimum atomic E-state index is -3.61. The number of aromatic nitrogens is 1. The van der Waals surface area contributed by atoms with Gasteiger partial charge in [0, 0.05) is 30.4 Å². The molecule has 35 heavy (non-hydrogen) atoms. The molecule has 0 spiro atoms. The summed E-state index contributed by atoms with van der Waals surface area (Å²) in [6.07, 6.45) is 3.21. The van der Waals surface area contributed by atoms with Crippen molar-refractivity contribution >= 4 is 21.9 Å². The third kappa shape index (κ3) is 6.87. The van der Waals surface area contributed by atoms with Crippen LogP contribution in [0.3, 0.4) is 0 Å². The molecule has 1 amide bonds. The highest BCUT2D eigenvalue weighted by atomic mass is 32.2. The van der Waals surface area contributed by atoms with Crippen LogP contribution in [0.15, 0.2) is 78.0 Å². The van der Waals surface area contributed by atoms with Crippen LogP contribution in [0, 0.1) is 0 Å². The third-order valence-electron chi connectivity index (χ3n) is 5.08. The first-order valence-electron chi connectivity index (χ1n) is 11.0. The molecule has 0 saturated carbocycles. The first kappa shape index (κ1) is 25.9. The lowest BCUT2D eigenvalue weighted by Gasteiger charge is -2.18. The molecular weight excluding hydrogens is 470 g/mol. The lowest BCUT2D eigenvalue weighted by Crippen LogP contribution is -2.31. The Kier molecular flexibility index (Phi) is 8.93. The monoisotopic (exact) mass is 497 g/mol. The Hall–Kier alpha value is -3.76. The number of carbonyl (C=O) groups excluding carboxylic acids is 2. The van der Waals surface area contributed by atoms with E-state index in [-0.39, 0.29) is 23.6 Å². The fourth-order valence-corrected chi connectivity index (χ4v) is 4.67. The predicted octanol–water partition coefficient (Wildman–Crippen LogP) is 3.38. The lowest BCUT2D eigenvalue weighted by molar-refractivity contribution is -0.143. The molecule has 0 radical (unpaired) electrons. The smallest absolute Gasteiger partial charge is 0.325 e. The van der Waals surface area contributed by atoms with Crippen molar-refractivity contribution in [3.05, 3.63) is 84.2 Å². The van der Waals surface area contributed by atoms with E-state index in [1.54, 1.807) is 62.6 Å². The van der Waals surface area contributed by atoms with E-state index in [9.17, 15) is 18.0 Å². The van der Waals surface area contributed by atoms with Crippen molar-refractivity contribution in [1.29, 1.82) is 0 Å². The van der Waals surface area contributed by atoms with Gasteiger partial charge in [-0.3, -0.25) is 14.6 Å². The van der Waals surface area contributed by atoms with Gasteiger partial charge < -0.3 is 14.8 Å². The maximum atomic E-state index is 12.6. The van der Waals surface area contributed by atoms with E-state index in [2.05, 4.69) is 10.3 Å². The third-order valence-corrected chi connectivity index (χ3v) is 7.14. The highest BCUT2D eigenvalue weighted by molar-refractivity contribution is 7.89. The first-order valence-corrected chi connectivity index (χ1v) is 12.5. The zero-order chi connectivity index (χ0) is 25.3. The number of sulfonamides is 1. The Morgan fingerprint density at radius 1 is 0.971 bits per heavy atom. The second-order valence-electron chi connectivity index (χ2n) is 7.36. The van der Waals surface area contributed by atoms with E-state index >= 15 is 0 Å². The van der Waals surface area contributed by atoms with Gasteiger partial charge in [0.2, 0.25) is 10.0 Å². The Labute approximate surface area is 204 Å². The van der Waals surface area contributed by atoms with E-state index in [0.717, 1.165) is 0 Å². The van der Waals surface area contributed by atoms with E-state index in [1.165, 1.54) is 28.6 Å². The van der Waals surface area contributed by atoms with Crippen molar-refractivity contribution in [2.24, 2.45) is 0 Å².